The number of carbonyl (C=O) groups is 1. The Morgan fingerprint density at radius 1 is 1.33 bits per heavy atom. The van der Waals surface area contributed by atoms with Crippen molar-refractivity contribution in [3.05, 3.63) is 0 Å². The van der Waals surface area contributed by atoms with Gasteiger partial charge in [-0.05, 0) is 19.8 Å². The molecule has 0 aliphatic rings. The zero-order chi connectivity index (χ0) is 14.2. The van der Waals surface area contributed by atoms with Crippen molar-refractivity contribution >= 4 is 16.0 Å². The molecule has 7 heteroatoms. The van der Waals surface area contributed by atoms with E-state index in [1.807, 2.05) is 6.92 Å². The number of hydrogen-bond acceptors (Lipinski definition) is 5. The monoisotopic (exact) mass is 281 g/mol. The van der Waals surface area contributed by atoms with Crippen LogP contribution in [0.4, 0.5) is 0 Å². The minimum Gasteiger partial charge on any atom is -0.468 e. The van der Waals surface area contributed by atoms with Gasteiger partial charge in [-0.25, -0.2) is 8.42 Å². The molecule has 1 atom stereocenters. The van der Waals surface area contributed by atoms with E-state index in [1.165, 1.54) is 21.1 Å². The van der Waals surface area contributed by atoms with Crippen LogP contribution in [0.1, 0.15) is 33.1 Å². The Morgan fingerprint density at radius 2 is 1.94 bits per heavy atom. The summed E-state index contributed by atoms with van der Waals surface area (Å²) in [4.78, 5) is 11.7. The quantitative estimate of drug-likeness (QED) is 0.496. The van der Waals surface area contributed by atoms with Gasteiger partial charge in [0.05, 0.1) is 12.9 Å². The lowest BCUT2D eigenvalue weighted by Gasteiger charge is -2.27. The number of carbonyl (C=O) groups excluding carboxylic acids is 1. The molecular formula is C11H23NO5S. The van der Waals surface area contributed by atoms with Crippen molar-refractivity contribution in [2.45, 2.75) is 38.6 Å². The van der Waals surface area contributed by atoms with Crippen LogP contribution in [0.25, 0.3) is 0 Å². The highest BCUT2D eigenvalue weighted by Crippen LogP contribution is 2.16. The average molecular weight is 281 g/mol. The first-order valence-corrected chi connectivity index (χ1v) is 7.55. The molecule has 0 bridgehead atoms. The Bertz CT molecular complexity index is 354. The molecule has 0 aromatic heterocycles. The van der Waals surface area contributed by atoms with Crippen LogP contribution in [0.2, 0.25) is 0 Å². The summed E-state index contributed by atoms with van der Waals surface area (Å²) in [6, 6.07) is 0. The highest BCUT2D eigenvalue weighted by molar-refractivity contribution is 7.89. The highest BCUT2D eigenvalue weighted by atomic mass is 32.2. The maximum absolute atomic E-state index is 11.8. The Hall–Kier alpha value is -0.660. The lowest BCUT2D eigenvalue weighted by molar-refractivity contribution is -0.147. The van der Waals surface area contributed by atoms with E-state index >= 15 is 0 Å². The van der Waals surface area contributed by atoms with Gasteiger partial charge in [-0.15, -0.1) is 0 Å². The maximum atomic E-state index is 11.8. The van der Waals surface area contributed by atoms with Gasteiger partial charge >= 0.3 is 5.97 Å². The molecule has 108 valence electrons. The molecule has 0 saturated carbocycles. The summed E-state index contributed by atoms with van der Waals surface area (Å²) in [6.07, 6.45) is 1.45. The second kappa shape index (κ2) is 7.70. The van der Waals surface area contributed by atoms with E-state index in [0.29, 0.717) is 25.9 Å². The first kappa shape index (κ1) is 17.3. The minimum atomic E-state index is -3.52. The molecular weight excluding hydrogens is 258 g/mol. The van der Waals surface area contributed by atoms with E-state index in [9.17, 15) is 13.2 Å². The summed E-state index contributed by atoms with van der Waals surface area (Å²) in [5, 5.41) is 0. The lowest BCUT2D eigenvalue weighted by atomic mass is 9.98. The summed E-state index contributed by atoms with van der Waals surface area (Å²) in [7, 11) is -0.765. The Balaban J connectivity index is 4.71. The standard InChI is InChI=1S/C11H23NO5S/c1-5-7-11(2,10(13)17-4)12-18(14,15)9-6-8-16-3/h12H,5-9H2,1-4H3. The smallest absolute Gasteiger partial charge is 0.326 e. The van der Waals surface area contributed by atoms with E-state index in [2.05, 4.69) is 9.46 Å². The minimum absolute atomic E-state index is 0.0723. The summed E-state index contributed by atoms with van der Waals surface area (Å²) in [5.41, 5.74) is -1.20. The Morgan fingerprint density at radius 3 is 2.39 bits per heavy atom. The van der Waals surface area contributed by atoms with Crippen LogP contribution in [0, 0.1) is 0 Å². The number of esters is 1. The number of hydrogen-bond donors (Lipinski definition) is 1. The number of rotatable bonds is 9. The second-order valence-electron chi connectivity index (χ2n) is 4.34. The summed E-state index contributed by atoms with van der Waals surface area (Å²) >= 11 is 0. The molecule has 0 spiro atoms. The fourth-order valence-corrected chi connectivity index (χ4v) is 3.18. The van der Waals surface area contributed by atoms with Crippen LogP contribution in [0.5, 0.6) is 0 Å². The van der Waals surface area contributed by atoms with Crippen LogP contribution in [0.15, 0.2) is 0 Å². The molecule has 0 heterocycles. The molecule has 1 unspecified atom stereocenters. The van der Waals surface area contributed by atoms with Gasteiger partial charge in [0.25, 0.3) is 0 Å². The Kier molecular flexibility index (Phi) is 7.42. The number of sulfonamides is 1. The van der Waals surface area contributed by atoms with E-state index in [1.54, 1.807) is 0 Å². The molecule has 0 radical (unpaired) electrons. The number of methoxy groups -OCH3 is 2. The first-order chi connectivity index (χ1) is 8.31. The van der Waals surface area contributed by atoms with Crippen LogP contribution in [0.3, 0.4) is 0 Å². The third kappa shape index (κ3) is 5.79. The highest BCUT2D eigenvalue weighted by Gasteiger charge is 2.37. The zero-order valence-corrected chi connectivity index (χ0v) is 12.3. The summed E-state index contributed by atoms with van der Waals surface area (Å²) in [6.45, 7) is 3.78. The second-order valence-corrected chi connectivity index (χ2v) is 6.18. The van der Waals surface area contributed by atoms with Gasteiger partial charge in [-0.1, -0.05) is 13.3 Å². The molecule has 0 saturated heterocycles. The normalized spacial score (nSPS) is 15.1. The van der Waals surface area contributed by atoms with Crippen LogP contribution in [-0.2, 0) is 24.3 Å². The summed E-state index contributed by atoms with van der Waals surface area (Å²) < 4.78 is 35.6. The van der Waals surface area contributed by atoms with Gasteiger partial charge in [-0.3, -0.25) is 4.79 Å². The van der Waals surface area contributed by atoms with Crippen molar-refractivity contribution in [2.75, 3.05) is 26.6 Å². The van der Waals surface area contributed by atoms with Crippen LogP contribution < -0.4 is 4.72 Å². The average Bonchev–Trinajstić information content (AvgIpc) is 2.27. The fraction of sp³-hybridized carbons (Fsp3) is 0.909. The predicted molar refractivity (Wildman–Crippen MR) is 68.7 cm³/mol. The molecule has 0 aromatic rings. The summed E-state index contributed by atoms with van der Waals surface area (Å²) in [5.74, 6) is -0.642. The van der Waals surface area contributed by atoms with Crippen molar-refractivity contribution in [3.8, 4) is 0 Å². The largest absolute Gasteiger partial charge is 0.468 e. The molecule has 0 rings (SSSR count). The van der Waals surface area contributed by atoms with Gasteiger partial charge in [0.15, 0.2) is 0 Å². The topological polar surface area (TPSA) is 81.7 Å². The zero-order valence-electron chi connectivity index (χ0n) is 11.5. The molecule has 0 aromatic carbocycles. The van der Waals surface area contributed by atoms with Crippen molar-refractivity contribution < 1.29 is 22.7 Å². The van der Waals surface area contributed by atoms with Crippen molar-refractivity contribution in [2.24, 2.45) is 0 Å². The van der Waals surface area contributed by atoms with E-state index in [4.69, 9.17) is 4.74 Å². The van der Waals surface area contributed by atoms with Gasteiger partial charge in [-0.2, -0.15) is 4.72 Å². The predicted octanol–water partition coefficient (Wildman–Crippen LogP) is 0.674. The molecule has 0 aliphatic carbocycles. The first-order valence-electron chi connectivity index (χ1n) is 5.90. The van der Waals surface area contributed by atoms with Crippen LogP contribution in [-0.4, -0.2) is 46.5 Å². The van der Waals surface area contributed by atoms with E-state index in [0.717, 1.165) is 0 Å². The molecule has 18 heavy (non-hydrogen) atoms. The molecule has 0 aliphatic heterocycles. The van der Waals surface area contributed by atoms with Crippen molar-refractivity contribution in [1.29, 1.82) is 0 Å². The van der Waals surface area contributed by atoms with Gasteiger partial charge in [0.2, 0.25) is 10.0 Å². The Labute approximate surface area is 109 Å². The maximum Gasteiger partial charge on any atom is 0.326 e. The van der Waals surface area contributed by atoms with Gasteiger partial charge in [0.1, 0.15) is 5.54 Å². The van der Waals surface area contributed by atoms with Gasteiger partial charge < -0.3 is 9.47 Å². The molecule has 1 N–H and O–H groups in total. The molecule has 0 amide bonds. The van der Waals surface area contributed by atoms with Crippen molar-refractivity contribution in [3.63, 3.8) is 0 Å². The SMILES string of the molecule is CCCC(C)(NS(=O)(=O)CCCOC)C(=O)OC. The number of nitrogens with one attached hydrogen (secondary N) is 1. The van der Waals surface area contributed by atoms with Crippen molar-refractivity contribution in [1.82, 2.24) is 4.72 Å². The van der Waals surface area contributed by atoms with E-state index in [-0.39, 0.29) is 5.75 Å². The fourth-order valence-electron chi connectivity index (χ4n) is 1.71. The number of ether oxygens (including phenoxy) is 2. The lowest BCUT2D eigenvalue weighted by Crippen LogP contribution is -2.53. The van der Waals surface area contributed by atoms with Crippen LogP contribution >= 0.6 is 0 Å². The molecule has 6 nitrogen and oxygen atoms in total. The van der Waals surface area contributed by atoms with E-state index < -0.39 is 21.5 Å². The van der Waals surface area contributed by atoms with Gasteiger partial charge in [0, 0.05) is 13.7 Å². The third-order valence-electron chi connectivity index (χ3n) is 2.53. The molecule has 0 fully saturated rings. The third-order valence-corrected chi connectivity index (χ3v) is 4.12.